The Morgan fingerprint density at radius 3 is 2.50 bits per heavy atom. The second-order valence-corrected chi connectivity index (χ2v) is 5.06. The first kappa shape index (κ1) is 11.9. The largest absolute Gasteiger partial charge is 0.480 e. The van der Waals surface area contributed by atoms with E-state index >= 15 is 0 Å². The standard InChI is InChI=1S/C12H22N2O2/c1-2-13-12(11(15)16,10-5-6-10)9-14-7-3-4-8-14/h10,13H,2-9H2,1H3,(H,15,16). The minimum atomic E-state index is -0.681. The van der Waals surface area contributed by atoms with E-state index in [0.717, 1.165) is 32.5 Å². The highest BCUT2D eigenvalue weighted by Gasteiger charge is 2.51. The Labute approximate surface area is 97.0 Å². The molecule has 1 saturated carbocycles. The molecule has 0 spiro atoms. The molecule has 0 bridgehead atoms. The number of likely N-dealkylation sites (tertiary alicyclic amines) is 1. The van der Waals surface area contributed by atoms with Gasteiger partial charge in [0.25, 0.3) is 0 Å². The summed E-state index contributed by atoms with van der Waals surface area (Å²) in [5.41, 5.74) is -0.681. The fourth-order valence-electron chi connectivity index (χ4n) is 2.83. The molecule has 16 heavy (non-hydrogen) atoms. The molecular weight excluding hydrogens is 204 g/mol. The highest BCUT2D eigenvalue weighted by Crippen LogP contribution is 2.40. The van der Waals surface area contributed by atoms with Crippen molar-refractivity contribution in [1.82, 2.24) is 10.2 Å². The van der Waals surface area contributed by atoms with E-state index in [1.54, 1.807) is 0 Å². The summed E-state index contributed by atoms with van der Waals surface area (Å²) in [5, 5.41) is 12.8. The Morgan fingerprint density at radius 2 is 2.06 bits per heavy atom. The van der Waals surface area contributed by atoms with Crippen molar-refractivity contribution in [3.63, 3.8) is 0 Å². The van der Waals surface area contributed by atoms with Crippen LogP contribution in [0.15, 0.2) is 0 Å². The molecule has 2 aliphatic rings. The molecule has 0 aromatic rings. The monoisotopic (exact) mass is 226 g/mol. The Morgan fingerprint density at radius 1 is 1.44 bits per heavy atom. The number of carboxylic acid groups (broad SMARTS) is 1. The number of carbonyl (C=O) groups is 1. The summed E-state index contributed by atoms with van der Waals surface area (Å²) in [5.74, 6) is -0.325. The first-order valence-corrected chi connectivity index (χ1v) is 6.40. The van der Waals surface area contributed by atoms with Crippen LogP contribution >= 0.6 is 0 Å². The van der Waals surface area contributed by atoms with Gasteiger partial charge in [-0.1, -0.05) is 6.92 Å². The van der Waals surface area contributed by atoms with E-state index < -0.39 is 11.5 Å². The van der Waals surface area contributed by atoms with E-state index in [1.807, 2.05) is 6.92 Å². The third-order valence-electron chi connectivity index (χ3n) is 3.82. The van der Waals surface area contributed by atoms with Crippen LogP contribution in [0.25, 0.3) is 0 Å². The van der Waals surface area contributed by atoms with Crippen LogP contribution in [0.5, 0.6) is 0 Å². The average Bonchev–Trinajstić information content (AvgIpc) is 2.98. The van der Waals surface area contributed by atoms with Crippen LogP contribution in [0.1, 0.15) is 32.6 Å². The van der Waals surface area contributed by atoms with Gasteiger partial charge in [-0.25, -0.2) is 0 Å². The summed E-state index contributed by atoms with van der Waals surface area (Å²) in [4.78, 5) is 13.9. The molecule has 4 nitrogen and oxygen atoms in total. The molecule has 1 atom stereocenters. The molecule has 92 valence electrons. The summed E-state index contributed by atoms with van der Waals surface area (Å²) in [6, 6.07) is 0. The molecule has 1 aliphatic heterocycles. The second kappa shape index (κ2) is 4.72. The van der Waals surface area contributed by atoms with Gasteiger partial charge in [-0.3, -0.25) is 4.79 Å². The van der Waals surface area contributed by atoms with Crippen molar-refractivity contribution >= 4 is 5.97 Å². The Balaban J connectivity index is 2.07. The van der Waals surface area contributed by atoms with E-state index in [4.69, 9.17) is 0 Å². The number of hydrogen-bond acceptors (Lipinski definition) is 3. The Kier molecular flexibility index (Phi) is 3.50. The number of rotatable bonds is 6. The zero-order valence-corrected chi connectivity index (χ0v) is 10.0. The molecule has 1 unspecified atom stereocenters. The maximum absolute atomic E-state index is 11.6. The van der Waals surface area contributed by atoms with Gasteiger partial charge in [0.2, 0.25) is 0 Å². The van der Waals surface area contributed by atoms with Crippen molar-refractivity contribution in [2.75, 3.05) is 26.2 Å². The van der Waals surface area contributed by atoms with Crippen LogP contribution in [0.3, 0.4) is 0 Å². The predicted octanol–water partition coefficient (Wildman–Crippen LogP) is 0.925. The summed E-state index contributed by atoms with van der Waals surface area (Å²) in [7, 11) is 0. The topological polar surface area (TPSA) is 52.6 Å². The molecule has 2 rings (SSSR count). The lowest BCUT2D eigenvalue weighted by Gasteiger charge is -2.34. The molecule has 2 N–H and O–H groups in total. The first-order chi connectivity index (χ1) is 7.69. The number of aliphatic carboxylic acids is 1. The number of hydrogen-bond donors (Lipinski definition) is 2. The molecular formula is C12H22N2O2. The number of carboxylic acids is 1. The van der Waals surface area contributed by atoms with E-state index in [2.05, 4.69) is 10.2 Å². The van der Waals surface area contributed by atoms with Gasteiger partial charge in [-0.05, 0) is 51.2 Å². The zero-order chi connectivity index (χ0) is 11.6. The van der Waals surface area contributed by atoms with Gasteiger partial charge in [0.15, 0.2) is 0 Å². The highest BCUT2D eigenvalue weighted by atomic mass is 16.4. The average molecular weight is 226 g/mol. The van der Waals surface area contributed by atoms with Crippen molar-refractivity contribution in [3.05, 3.63) is 0 Å². The Hall–Kier alpha value is -0.610. The van der Waals surface area contributed by atoms with E-state index in [9.17, 15) is 9.90 Å². The molecule has 1 saturated heterocycles. The third-order valence-corrected chi connectivity index (χ3v) is 3.82. The lowest BCUT2D eigenvalue weighted by molar-refractivity contribution is -0.146. The molecule has 1 aliphatic carbocycles. The van der Waals surface area contributed by atoms with Crippen molar-refractivity contribution in [2.24, 2.45) is 5.92 Å². The minimum absolute atomic E-state index is 0.338. The molecule has 4 heteroatoms. The predicted molar refractivity (Wildman–Crippen MR) is 62.4 cm³/mol. The molecule has 0 radical (unpaired) electrons. The van der Waals surface area contributed by atoms with E-state index in [0.29, 0.717) is 12.5 Å². The molecule has 2 fully saturated rings. The Bertz CT molecular complexity index is 260. The summed E-state index contributed by atoms with van der Waals surface area (Å²) in [6.45, 7) is 5.53. The van der Waals surface area contributed by atoms with Crippen LogP contribution in [-0.4, -0.2) is 47.7 Å². The SMILES string of the molecule is CCNC(CN1CCCC1)(C(=O)O)C1CC1. The first-order valence-electron chi connectivity index (χ1n) is 6.40. The normalized spacial score (nSPS) is 25.6. The van der Waals surface area contributed by atoms with Crippen molar-refractivity contribution < 1.29 is 9.90 Å². The van der Waals surface area contributed by atoms with Crippen LogP contribution in [-0.2, 0) is 4.79 Å². The van der Waals surface area contributed by atoms with Crippen molar-refractivity contribution in [3.8, 4) is 0 Å². The van der Waals surface area contributed by atoms with Crippen LogP contribution in [0.2, 0.25) is 0 Å². The van der Waals surface area contributed by atoms with Gasteiger partial charge in [-0.15, -0.1) is 0 Å². The van der Waals surface area contributed by atoms with E-state index in [-0.39, 0.29) is 0 Å². The fourth-order valence-corrected chi connectivity index (χ4v) is 2.83. The molecule has 0 aromatic carbocycles. The maximum atomic E-state index is 11.6. The van der Waals surface area contributed by atoms with Crippen LogP contribution in [0, 0.1) is 5.92 Å². The van der Waals surface area contributed by atoms with Gasteiger partial charge in [-0.2, -0.15) is 0 Å². The minimum Gasteiger partial charge on any atom is -0.480 e. The summed E-state index contributed by atoms with van der Waals surface area (Å²) >= 11 is 0. The number of likely N-dealkylation sites (N-methyl/N-ethyl adjacent to an activating group) is 1. The lowest BCUT2D eigenvalue weighted by Crippen LogP contribution is -2.60. The van der Waals surface area contributed by atoms with E-state index in [1.165, 1.54) is 12.8 Å². The van der Waals surface area contributed by atoms with Crippen LogP contribution in [0.4, 0.5) is 0 Å². The van der Waals surface area contributed by atoms with Crippen molar-refractivity contribution in [2.45, 2.75) is 38.1 Å². The third kappa shape index (κ3) is 2.23. The maximum Gasteiger partial charge on any atom is 0.325 e. The smallest absolute Gasteiger partial charge is 0.325 e. The van der Waals surface area contributed by atoms with Gasteiger partial charge in [0, 0.05) is 6.54 Å². The lowest BCUT2D eigenvalue weighted by atomic mass is 9.92. The number of nitrogens with one attached hydrogen (secondary N) is 1. The summed E-state index contributed by atoms with van der Waals surface area (Å²) < 4.78 is 0. The zero-order valence-electron chi connectivity index (χ0n) is 10.0. The highest BCUT2D eigenvalue weighted by molar-refractivity contribution is 5.80. The molecule has 0 aromatic heterocycles. The van der Waals surface area contributed by atoms with Crippen molar-refractivity contribution in [1.29, 1.82) is 0 Å². The van der Waals surface area contributed by atoms with Gasteiger partial charge >= 0.3 is 5.97 Å². The van der Waals surface area contributed by atoms with Crippen LogP contribution < -0.4 is 5.32 Å². The quantitative estimate of drug-likeness (QED) is 0.707. The fraction of sp³-hybridized carbons (Fsp3) is 0.917. The summed E-state index contributed by atoms with van der Waals surface area (Å²) in [6.07, 6.45) is 4.55. The second-order valence-electron chi connectivity index (χ2n) is 5.06. The molecule has 0 amide bonds. The van der Waals surface area contributed by atoms with Gasteiger partial charge < -0.3 is 15.3 Å². The van der Waals surface area contributed by atoms with Gasteiger partial charge in [0.05, 0.1) is 0 Å². The molecule has 1 heterocycles. The van der Waals surface area contributed by atoms with Gasteiger partial charge in [0.1, 0.15) is 5.54 Å². The number of nitrogens with zero attached hydrogens (tertiary/aromatic N) is 1.